The SMILES string of the molecule is [C-]#[N+]C[C@H]1CN(c2nc(OC[C@@]34CCCN3C[C@H](F)C4)nc3cc(-c4cccc5cccc(Cl)c45)c(F)cc23)CCN1C(=O)C=C. The Morgan fingerprint density at radius 2 is 1.98 bits per heavy atom. The Balaban J connectivity index is 1.33. The van der Waals surface area contributed by atoms with E-state index in [4.69, 9.17) is 32.9 Å². The van der Waals surface area contributed by atoms with Gasteiger partial charge in [-0.15, -0.1) is 0 Å². The molecule has 0 N–H and O–H groups in total. The molecule has 46 heavy (non-hydrogen) atoms. The molecule has 3 saturated heterocycles. The van der Waals surface area contributed by atoms with E-state index >= 15 is 4.39 Å². The number of hydrogen-bond acceptors (Lipinski definition) is 6. The molecule has 3 fully saturated rings. The van der Waals surface area contributed by atoms with Gasteiger partial charge in [0.1, 0.15) is 30.5 Å². The number of aromatic nitrogens is 2. The van der Waals surface area contributed by atoms with Crippen molar-refractivity contribution in [1.29, 1.82) is 0 Å². The van der Waals surface area contributed by atoms with Crippen molar-refractivity contribution in [3.63, 3.8) is 0 Å². The minimum absolute atomic E-state index is 0.103. The van der Waals surface area contributed by atoms with Crippen LogP contribution >= 0.6 is 11.6 Å². The molecule has 8 nitrogen and oxygen atoms in total. The first kappa shape index (κ1) is 30.3. The highest BCUT2D eigenvalue weighted by Gasteiger charge is 2.49. The minimum Gasteiger partial charge on any atom is -0.461 e. The summed E-state index contributed by atoms with van der Waals surface area (Å²) in [6.07, 6.45) is 2.58. The zero-order valence-electron chi connectivity index (χ0n) is 25.3. The van der Waals surface area contributed by atoms with Crippen molar-refractivity contribution in [3.8, 4) is 17.1 Å². The molecule has 11 heteroatoms. The summed E-state index contributed by atoms with van der Waals surface area (Å²) < 4.78 is 37.0. The van der Waals surface area contributed by atoms with E-state index in [-0.39, 0.29) is 25.1 Å². The van der Waals surface area contributed by atoms with E-state index in [0.717, 1.165) is 30.2 Å². The molecular formula is C35H33ClF2N6O2. The van der Waals surface area contributed by atoms with Crippen molar-refractivity contribution in [1.82, 2.24) is 19.8 Å². The first-order valence-corrected chi connectivity index (χ1v) is 15.9. The second-order valence-corrected chi connectivity index (χ2v) is 12.8. The smallest absolute Gasteiger partial charge is 0.319 e. The molecule has 3 aliphatic heterocycles. The van der Waals surface area contributed by atoms with Gasteiger partial charge in [-0.2, -0.15) is 9.97 Å². The molecule has 0 aliphatic carbocycles. The van der Waals surface area contributed by atoms with Crippen molar-refractivity contribution in [2.24, 2.45) is 0 Å². The zero-order valence-corrected chi connectivity index (χ0v) is 26.0. The summed E-state index contributed by atoms with van der Waals surface area (Å²) in [6, 6.07) is 14.1. The molecule has 1 amide bonds. The third kappa shape index (κ3) is 5.31. The Kier molecular flexibility index (Phi) is 7.99. The van der Waals surface area contributed by atoms with E-state index < -0.39 is 23.6 Å². The first-order chi connectivity index (χ1) is 22.3. The third-order valence-corrected chi connectivity index (χ3v) is 9.98. The normalized spacial score (nSPS) is 23.1. The van der Waals surface area contributed by atoms with E-state index in [1.54, 1.807) is 17.0 Å². The van der Waals surface area contributed by atoms with Crippen LogP contribution in [-0.4, -0.2) is 89.3 Å². The van der Waals surface area contributed by atoms with Crippen molar-refractivity contribution in [2.75, 3.05) is 50.8 Å². The molecule has 7 rings (SSSR count). The molecule has 3 aliphatic rings. The number of benzene rings is 3. The van der Waals surface area contributed by atoms with E-state index in [0.29, 0.717) is 65.5 Å². The molecule has 0 saturated carbocycles. The van der Waals surface area contributed by atoms with Crippen molar-refractivity contribution >= 4 is 45.0 Å². The largest absolute Gasteiger partial charge is 0.461 e. The van der Waals surface area contributed by atoms with Crippen LogP contribution in [0.5, 0.6) is 6.01 Å². The van der Waals surface area contributed by atoms with Crippen LogP contribution in [-0.2, 0) is 4.79 Å². The van der Waals surface area contributed by atoms with Gasteiger partial charge < -0.3 is 19.4 Å². The van der Waals surface area contributed by atoms with E-state index in [1.165, 1.54) is 12.1 Å². The number of carbonyl (C=O) groups is 1. The number of piperazine rings is 1. The number of carbonyl (C=O) groups excluding carboxylic acids is 1. The zero-order chi connectivity index (χ0) is 32.0. The lowest BCUT2D eigenvalue weighted by Crippen LogP contribution is -2.56. The lowest BCUT2D eigenvalue weighted by Gasteiger charge is -2.39. The maximum Gasteiger partial charge on any atom is 0.319 e. The number of hydrogen-bond donors (Lipinski definition) is 0. The second kappa shape index (κ2) is 12.1. The summed E-state index contributed by atoms with van der Waals surface area (Å²) in [5.74, 6) is -0.243. The van der Waals surface area contributed by atoms with Crippen LogP contribution in [0.25, 0.3) is 37.6 Å². The van der Waals surface area contributed by atoms with Crippen LogP contribution in [0.3, 0.4) is 0 Å². The van der Waals surface area contributed by atoms with Gasteiger partial charge >= 0.3 is 6.01 Å². The number of nitrogens with zero attached hydrogens (tertiary/aromatic N) is 6. The number of anilines is 1. The minimum atomic E-state index is -0.899. The lowest BCUT2D eigenvalue weighted by molar-refractivity contribution is -0.128. The number of amides is 1. The average Bonchev–Trinajstić information content (AvgIpc) is 3.58. The Hall–Kier alpha value is -4.33. The van der Waals surface area contributed by atoms with Gasteiger partial charge in [-0.25, -0.2) is 15.4 Å². The Bertz CT molecular complexity index is 1890. The summed E-state index contributed by atoms with van der Waals surface area (Å²) in [4.78, 5) is 31.5. The Labute approximate surface area is 271 Å². The van der Waals surface area contributed by atoms with Crippen LogP contribution in [0.1, 0.15) is 19.3 Å². The Morgan fingerprint density at radius 1 is 1.15 bits per heavy atom. The first-order valence-electron chi connectivity index (χ1n) is 15.5. The Morgan fingerprint density at radius 3 is 2.78 bits per heavy atom. The van der Waals surface area contributed by atoms with E-state index in [9.17, 15) is 9.18 Å². The lowest BCUT2D eigenvalue weighted by atomic mass is 9.95. The average molecular weight is 643 g/mol. The van der Waals surface area contributed by atoms with Gasteiger partial charge in [0.2, 0.25) is 12.5 Å². The van der Waals surface area contributed by atoms with Crippen molar-refractivity contribution < 1.29 is 18.3 Å². The molecule has 0 unspecified atom stereocenters. The summed E-state index contributed by atoms with van der Waals surface area (Å²) in [5.41, 5.74) is 1.05. The molecule has 4 aromatic rings. The van der Waals surface area contributed by atoms with Gasteiger partial charge in [-0.05, 0) is 54.6 Å². The highest BCUT2D eigenvalue weighted by Crippen LogP contribution is 2.41. The summed E-state index contributed by atoms with van der Waals surface area (Å²) in [7, 11) is 0. The molecular weight excluding hydrogens is 610 g/mol. The maximum absolute atomic E-state index is 16.2. The molecule has 236 valence electrons. The van der Waals surface area contributed by atoms with Gasteiger partial charge in [0.05, 0.1) is 11.1 Å². The molecule has 0 bridgehead atoms. The fourth-order valence-corrected chi connectivity index (χ4v) is 7.79. The molecule has 3 atom stereocenters. The third-order valence-electron chi connectivity index (χ3n) is 9.66. The molecule has 0 spiro atoms. The standard InChI is InChI=1S/C35H33ClF2N6O2/c1-3-31(45)44-14-13-42(20-24(44)18-39-2)33-27-15-29(38)26(25-9-4-7-22-8-5-10-28(36)32(22)25)16-30(27)40-34(41-33)46-21-35-11-6-12-43(35)19-23(37)17-35/h3-5,7-10,15-16,23-24H,1,6,11-14,17-21H2/t23-,24+,35+/m1/s1. The topological polar surface area (TPSA) is 66.2 Å². The van der Waals surface area contributed by atoms with Gasteiger partial charge in [-0.1, -0.05) is 48.5 Å². The van der Waals surface area contributed by atoms with Crippen molar-refractivity contribution in [3.05, 3.63) is 83.4 Å². The van der Waals surface area contributed by atoms with E-state index in [2.05, 4.69) is 16.3 Å². The number of alkyl halides is 1. The van der Waals surface area contributed by atoms with Crippen LogP contribution in [0.15, 0.2) is 61.2 Å². The fraction of sp³-hybridized carbons (Fsp3) is 0.371. The second-order valence-electron chi connectivity index (χ2n) is 12.4. The van der Waals surface area contributed by atoms with Gasteiger partial charge in [0, 0.05) is 54.0 Å². The van der Waals surface area contributed by atoms with Gasteiger partial charge in [0.15, 0.2) is 0 Å². The number of halogens is 3. The highest BCUT2D eigenvalue weighted by atomic mass is 35.5. The molecule has 4 heterocycles. The monoisotopic (exact) mass is 642 g/mol. The molecule has 0 radical (unpaired) electrons. The maximum atomic E-state index is 16.2. The van der Waals surface area contributed by atoms with Crippen LogP contribution < -0.4 is 9.64 Å². The number of rotatable bonds is 7. The summed E-state index contributed by atoms with van der Waals surface area (Å²) in [6.45, 7) is 13.7. The quantitative estimate of drug-likeness (QED) is 0.174. The number of ether oxygens (including phenoxy) is 1. The van der Waals surface area contributed by atoms with Gasteiger partial charge in [0.25, 0.3) is 0 Å². The summed E-state index contributed by atoms with van der Waals surface area (Å²) >= 11 is 6.62. The number of fused-ring (bicyclic) bond motifs is 3. The predicted molar refractivity (Wildman–Crippen MR) is 175 cm³/mol. The van der Waals surface area contributed by atoms with Gasteiger partial charge in [-0.3, -0.25) is 9.69 Å². The summed E-state index contributed by atoms with van der Waals surface area (Å²) in [5, 5.41) is 2.62. The van der Waals surface area contributed by atoms with Crippen LogP contribution in [0.2, 0.25) is 5.02 Å². The van der Waals surface area contributed by atoms with Crippen molar-refractivity contribution in [2.45, 2.75) is 37.0 Å². The molecule has 3 aromatic carbocycles. The highest BCUT2D eigenvalue weighted by molar-refractivity contribution is 6.36. The van der Waals surface area contributed by atoms with E-state index in [1.807, 2.05) is 35.2 Å². The predicted octanol–water partition coefficient (Wildman–Crippen LogP) is 6.32. The van der Waals surface area contributed by atoms with Crippen LogP contribution in [0.4, 0.5) is 14.6 Å². The molecule has 1 aromatic heterocycles. The fourth-order valence-electron chi connectivity index (χ4n) is 7.51. The van der Waals surface area contributed by atoms with Crippen LogP contribution in [0, 0.1) is 12.4 Å².